The standard InChI is InChI=1S/C11H17N3O2/c1-8(11(15)16-3)6-12-7-10-4-5-13-9(2)14-10/h4-5,8,12H,6-7H2,1-3H3. The molecule has 1 unspecified atom stereocenters. The van der Waals surface area contributed by atoms with Crippen LogP contribution in [0, 0.1) is 12.8 Å². The predicted molar refractivity (Wildman–Crippen MR) is 59.7 cm³/mol. The number of hydrogen-bond acceptors (Lipinski definition) is 5. The van der Waals surface area contributed by atoms with Crippen molar-refractivity contribution in [3.8, 4) is 0 Å². The molecule has 0 spiro atoms. The molecule has 1 aromatic heterocycles. The van der Waals surface area contributed by atoms with Crippen LogP contribution in [-0.4, -0.2) is 29.6 Å². The molecule has 0 saturated carbocycles. The van der Waals surface area contributed by atoms with Crippen LogP contribution in [0.15, 0.2) is 12.3 Å². The molecular weight excluding hydrogens is 206 g/mol. The highest BCUT2D eigenvalue weighted by Gasteiger charge is 2.11. The third-order valence-corrected chi connectivity index (χ3v) is 2.19. The van der Waals surface area contributed by atoms with Gasteiger partial charge >= 0.3 is 5.97 Å². The van der Waals surface area contributed by atoms with Gasteiger partial charge in [0, 0.05) is 19.3 Å². The number of hydrogen-bond donors (Lipinski definition) is 1. The molecule has 88 valence electrons. The van der Waals surface area contributed by atoms with Crippen molar-refractivity contribution in [3.05, 3.63) is 23.8 Å². The Hall–Kier alpha value is -1.49. The topological polar surface area (TPSA) is 64.1 Å². The molecule has 0 bridgehead atoms. The SMILES string of the molecule is COC(=O)C(C)CNCc1ccnc(C)n1. The van der Waals surface area contributed by atoms with Crippen molar-refractivity contribution in [2.75, 3.05) is 13.7 Å². The summed E-state index contributed by atoms with van der Waals surface area (Å²) in [6, 6.07) is 1.85. The molecule has 0 radical (unpaired) electrons. The van der Waals surface area contributed by atoms with Gasteiger partial charge in [-0.25, -0.2) is 9.97 Å². The lowest BCUT2D eigenvalue weighted by molar-refractivity contribution is -0.144. The van der Waals surface area contributed by atoms with Crippen LogP contribution in [0.1, 0.15) is 18.4 Å². The number of nitrogens with zero attached hydrogens (tertiary/aromatic N) is 2. The van der Waals surface area contributed by atoms with Crippen LogP contribution >= 0.6 is 0 Å². The minimum atomic E-state index is -0.202. The van der Waals surface area contributed by atoms with Gasteiger partial charge in [-0.15, -0.1) is 0 Å². The summed E-state index contributed by atoms with van der Waals surface area (Å²) in [4.78, 5) is 19.4. The van der Waals surface area contributed by atoms with Gasteiger partial charge in [-0.2, -0.15) is 0 Å². The maximum Gasteiger partial charge on any atom is 0.309 e. The van der Waals surface area contributed by atoms with Gasteiger partial charge in [0.05, 0.1) is 18.7 Å². The minimum absolute atomic E-state index is 0.145. The van der Waals surface area contributed by atoms with Crippen molar-refractivity contribution in [3.63, 3.8) is 0 Å². The molecule has 0 saturated heterocycles. The Bertz CT molecular complexity index is 355. The molecule has 1 N–H and O–H groups in total. The van der Waals surface area contributed by atoms with Gasteiger partial charge < -0.3 is 10.1 Å². The summed E-state index contributed by atoms with van der Waals surface area (Å²) in [6.45, 7) is 4.88. The Kier molecular flexibility index (Phi) is 4.85. The first-order chi connectivity index (χ1) is 7.63. The van der Waals surface area contributed by atoms with E-state index in [1.54, 1.807) is 6.20 Å². The van der Waals surface area contributed by atoms with Gasteiger partial charge in [-0.1, -0.05) is 6.92 Å². The summed E-state index contributed by atoms with van der Waals surface area (Å²) in [5, 5.41) is 3.15. The van der Waals surface area contributed by atoms with Crippen molar-refractivity contribution < 1.29 is 9.53 Å². The monoisotopic (exact) mass is 223 g/mol. The first-order valence-electron chi connectivity index (χ1n) is 5.20. The highest BCUT2D eigenvalue weighted by Crippen LogP contribution is 1.97. The van der Waals surface area contributed by atoms with Crippen LogP contribution < -0.4 is 5.32 Å². The number of nitrogens with one attached hydrogen (secondary N) is 1. The highest BCUT2D eigenvalue weighted by atomic mass is 16.5. The zero-order valence-electron chi connectivity index (χ0n) is 9.86. The largest absolute Gasteiger partial charge is 0.469 e. The second-order valence-electron chi connectivity index (χ2n) is 3.65. The molecule has 5 heteroatoms. The number of esters is 1. The summed E-state index contributed by atoms with van der Waals surface area (Å²) in [5.41, 5.74) is 0.921. The lowest BCUT2D eigenvalue weighted by Crippen LogP contribution is -2.27. The third kappa shape index (κ3) is 3.94. The molecule has 0 aromatic carbocycles. The van der Waals surface area contributed by atoms with E-state index in [0.717, 1.165) is 11.5 Å². The third-order valence-electron chi connectivity index (χ3n) is 2.19. The van der Waals surface area contributed by atoms with Crippen LogP contribution in [0.2, 0.25) is 0 Å². The van der Waals surface area contributed by atoms with Gasteiger partial charge in [-0.05, 0) is 13.0 Å². The fourth-order valence-corrected chi connectivity index (χ4v) is 1.30. The zero-order valence-corrected chi connectivity index (χ0v) is 9.86. The molecule has 0 aliphatic heterocycles. The molecule has 1 atom stereocenters. The van der Waals surface area contributed by atoms with E-state index in [-0.39, 0.29) is 11.9 Å². The maximum absolute atomic E-state index is 11.1. The van der Waals surface area contributed by atoms with E-state index in [2.05, 4.69) is 20.0 Å². The highest BCUT2D eigenvalue weighted by molar-refractivity contribution is 5.71. The molecule has 1 aromatic rings. The number of aryl methyl sites for hydroxylation is 1. The van der Waals surface area contributed by atoms with E-state index in [0.29, 0.717) is 13.1 Å². The van der Waals surface area contributed by atoms with E-state index in [9.17, 15) is 4.79 Å². The van der Waals surface area contributed by atoms with Crippen molar-refractivity contribution in [1.82, 2.24) is 15.3 Å². The van der Waals surface area contributed by atoms with Gasteiger partial charge in [0.1, 0.15) is 5.82 Å². The Morgan fingerprint density at radius 1 is 1.62 bits per heavy atom. The van der Waals surface area contributed by atoms with Crippen molar-refractivity contribution in [1.29, 1.82) is 0 Å². The second-order valence-corrected chi connectivity index (χ2v) is 3.65. The zero-order chi connectivity index (χ0) is 12.0. The summed E-state index contributed by atoms with van der Waals surface area (Å²) >= 11 is 0. The van der Waals surface area contributed by atoms with Gasteiger partial charge in [0.2, 0.25) is 0 Å². The first kappa shape index (κ1) is 12.6. The average Bonchev–Trinajstić information content (AvgIpc) is 2.28. The maximum atomic E-state index is 11.1. The number of ether oxygens (including phenoxy) is 1. The molecule has 16 heavy (non-hydrogen) atoms. The summed E-state index contributed by atoms with van der Waals surface area (Å²) in [5.74, 6) is 0.402. The van der Waals surface area contributed by atoms with Crippen molar-refractivity contribution in [2.45, 2.75) is 20.4 Å². The minimum Gasteiger partial charge on any atom is -0.469 e. The van der Waals surface area contributed by atoms with Gasteiger partial charge in [-0.3, -0.25) is 4.79 Å². The smallest absolute Gasteiger partial charge is 0.309 e. The number of methoxy groups -OCH3 is 1. The van der Waals surface area contributed by atoms with Gasteiger partial charge in [0.25, 0.3) is 0 Å². The number of carbonyl (C=O) groups is 1. The van der Waals surface area contributed by atoms with E-state index in [4.69, 9.17) is 0 Å². The first-order valence-corrected chi connectivity index (χ1v) is 5.20. The summed E-state index contributed by atoms with van der Waals surface area (Å²) < 4.78 is 4.63. The van der Waals surface area contributed by atoms with E-state index >= 15 is 0 Å². The number of carbonyl (C=O) groups excluding carboxylic acids is 1. The predicted octanol–water partition coefficient (Wildman–Crippen LogP) is 0.684. The van der Waals surface area contributed by atoms with E-state index in [1.165, 1.54) is 7.11 Å². The lowest BCUT2D eigenvalue weighted by Gasteiger charge is -2.10. The van der Waals surface area contributed by atoms with Crippen LogP contribution in [0.25, 0.3) is 0 Å². The normalized spacial score (nSPS) is 12.2. The molecule has 1 rings (SSSR count). The fourth-order valence-electron chi connectivity index (χ4n) is 1.30. The summed E-state index contributed by atoms with van der Waals surface area (Å²) in [6.07, 6.45) is 1.73. The quantitative estimate of drug-likeness (QED) is 0.744. The molecule has 0 aliphatic carbocycles. The molecule has 5 nitrogen and oxygen atoms in total. The number of rotatable bonds is 5. The van der Waals surface area contributed by atoms with Crippen LogP contribution in [0.5, 0.6) is 0 Å². The van der Waals surface area contributed by atoms with Crippen LogP contribution in [0.3, 0.4) is 0 Å². The van der Waals surface area contributed by atoms with Crippen LogP contribution in [-0.2, 0) is 16.1 Å². The van der Waals surface area contributed by atoms with Crippen molar-refractivity contribution in [2.24, 2.45) is 5.92 Å². The van der Waals surface area contributed by atoms with E-state index < -0.39 is 0 Å². The Labute approximate surface area is 95.3 Å². The molecule has 1 heterocycles. The van der Waals surface area contributed by atoms with E-state index in [1.807, 2.05) is 19.9 Å². The molecule has 0 amide bonds. The number of aromatic nitrogens is 2. The lowest BCUT2D eigenvalue weighted by atomic mass is 10.2. The van der Waals surface area contributed by atoms with Crippen molar-refractivity contribution >= 4 is 5.97 Å². The molecule has 0 fully saturated rings. The average molecular weight is 223 g/mol. The van der Waals surface area contributed by atoms with Crippen LogP contribution in [0.4, 0.5) is 0 Å². The fraction of sp³-hybridized carbons (Fsp3) is 0.545. The summed E-state index contributed by atoms with van der Waals surface area (Å²) in [7, 11) is 1.40. The van der Waals surface area contributed by atoms with Gasteiger partial charge in [0.15, 0.2) is 0 Å². The second kappa shape index (κ2) is 6.17. The molecular formula is C11H17N3O2. The Morgan fingerprint density at radius 3 is 3.00 bits per heavy atom. The molecule has 0 aliphatic rings. The Balaban J connectivity index is 2.33. The Morgan fingerprint density at radius 2 is 2.38 bits per heavy atom.